The molecule has 0 saturated carbocycles. The lowest BCUT2D eigenvalue weighted by Crippen LogP contribution is -2.30. The molecule has 1 aliphatic heterocycles. The Bertz CT molecular complexity index is 802. The van der Waals surface area contributed by atoms with E-state index in [-0.39, 0.29) is 46.4 Å². The Labute approximate surface area is 162 Å². The topological polar surface area (TPSA) is 89.5 Å². The van der Waals surface area contributed by atoms with E-state index in [9.17, 15) is 14.9 Å². The summed E-state index contributed by atoms with van der Waals surface area (Å²) >= 11 is 5.83. The highest BCUT2D eigenvalue weighted by Crippen LogP contribution is 2.34. The molecule has 1 amide bonds. The first-order valence-electron chi connectivity index (χ1n) is 7.99. The van der Waals surface area contributed by atoms with Gasteiger partial charge in [0.2, 0.25) is 0 Å². The second-order valence-electron chi connectivity index (χ2n) is 6.14. The highest BCUT2D eigenvalue weighted by atomic mass is 35.5. The number of nitro benzene ring substituents is 1. The predicted octanol–water partition coefficient (Wildman–Crippen LogP) is 3.48. The smallest absolute Gasteiger partial charge is 0.283 e. The summed E-state index contributed by atoms with van der Waals surface area (Å²) in [5.74, 6) is -0.112. The van der Waals surface area contributed by atoms with Gasteiger partial charge in [0.05, 0.1) is 4.92 Å². The van der Waals surface area contributed by atoms with Gasteiger partial charge < -0.3 is 10.6 Å². The van der Waals surface area contributed by atoms with Crippen LogP contribution in [0.1, 0.15) is 21.8 Å². The second kappa shape index (κ2) is 8.49. The molecule has 26 heavy (non-hydrogen) atoms. The Balaban J connectivity index is 0.00000243. The van der Waals surface area contributed by atoms with Crippen LogP contribution in [0.15, 0.2) is 48.5 Å². The minimum Gasteiger partial charge on any atom is -0.337 e. The Morgan fingerprint density at radius 1 is 1.23 bits per heavy atom. The van der Waals surface area contributed by atoms with Crippen molar-refractivity contribution in [3.63, 3.8) is 0 Å². The van der Waals surface area contributed by atoms with E-state index in [1.54, 1.807) is 4.90 Å². The summed E-state index contributed by atoms with van der Waals surface area (Å²) in [5, 5.41) is 11.5. The zero-order valence-corrected chi connectivity index (χ0v) is 15.4. The molecule has 2 aromatic carbocycles. The normalized spacial score (nSPS) is 19.1. The zero-order valence-electron chi connectivity index (χ0n) is 13.9. The van der Waals surface area contributed by atoms with Gasteiger partial charge in [-0.25, -0.2) is 0 Å². The van der Waals surface area contributed by atoms with Crippen LogP contribution in [-0.4, -0.2) is 35.4 Å². The number of nitro groups is 1. The number of rotatable bonds is 4. The lowest BCUT2D eigenvalue weighted by Gasteiger charge is -2.17. The number of nitrogens with zero attached hydrogens (tertiary/aromatic N) is 2. The maximum atomic E-state index is 12.9. The van der Waals surface area contributed by atoms with Crippen molar-refractivity contribution in [2.45, 2.75) is 5.92 Å². The van der Waals surface area contributed by atoms with Gasteiger partial charge in [-0.3, -0.25) is 14.9 Å². The lowest BCUT2D eigenvalue weighted by molar-refractivity contribution is -0.385. The average Bonchev–Trinajstić information content (AvgIpc) is 3.06. The van der Waals surface area contributed by atoms with Gasteiger partial charge in [-0.05, 0) is 30.2 Å². The highest BCUT2D eigenvalue weighted by Gasteiger charge is 2.37. The molecule has 2 aromatic rings. The standard InChI is InChI=1S/C18H18ClN3O3.ClH/c19-14-6-7-15(17(8-14)22(24)25)18(23)21-10-13(9-20)16(11-21)12-4-2-1-3-5-12;/h1-8,13,16H,9-11,20H2;1H/t13-,16+;/m1./s1. The number of halogens is 2. The van der Waals surface area contributed by atoms with Gasteiger partial charge in [0.25, 0.3) is 11.6 Å². The summed E-state index contributed by atoms with van der Waals surface area (Å²) in [6.45, 7) is 1.42. The maximum Gasteiger partial charge on any atom is 0.283 e. The van der Waals surface area contributed by atoms with Crippen LogP contribution in [0.5, 0.6) is 0 Å². The third-order valence-corrected chi connectivity index (χ3v) is 4.88. The van der Waals surface area contributed by atoms with Gasteiger partial charge in [-0.2, -0.15) is 0 Å². The van der Waals surface area contributed by atoms with Crippen molar-refractivity contribution in [3.8, 4) is 0 Å². The zero-order chi connectivity index (χ0) is 18.0. The van der Waals surface area contributed by atoms with Gasteiger partial charge in [-0.15, -0.1) is 12.4 Å². The lowest BCUT2D eigenvalue weighted by atomic mass is 9.89. The molecule has 2 atom stereocenters. The third kappa shape index (κ3) is 3.98. The molecule has 0 aromatic heterocycles. The number of carbonyl (C=O) groups is 1. The van der Waals surface area contributed by atoms with E-state index >= 15 is 0 Å². The molecule has 0 aliphatic carbocycles. The summed E-state index contributed by atoms with van der Waals surface area (Å²) in [6, 6.07) is 14.0. The highest BCUT2D eigenvalue weighted by molar-refractivity contribution is 6.31. The summed E-state index contributed by atoms with van der Waals surface area (Å²) in [7, 11) is 0. The predicted molar refractivity (Wildman–Crippen MR) is 103 cm³/mol. The fourth-order valence-electron chi connectivity index (χ4n) is 3.36. The first-order valence-corrected chi connectivity index (χ1v) is 8.37. The molecule has 0 unspecified atom stereocenters. The van der Waals surface area contributed by atoms with Crippen LogP contribution in [0, 0.1) is 16.0 Å². The molecule has 138 valence electrons. The molecule has 1 heterocycles. The SMILES string of the molecule is Cl.NC[C@@H]1CN(C(=O)c2ccc(Cl)cc2[N+](=O)[O-])C[C@H]1c1ccccc1. The fourth-order valence-corrected chi connectivity index (χ4v) is 3.53. The summed E-state index contributed by atoms with van der Waals surface area (Å²) in [6.07, 6.45) is 0. The molecule has 1 saturated heterocycles. The molecule has 1 fully saturated rings. The molecule has 1 aliphatic rings. The van der Waals surface area contributed by atoms with E-state index in [1.807, 2.05) is 30.3 Å². The van der Waals surface area contributed by atoms with Crippen molar-refractivity contribution in [1.29, 1.82) is 0 Å². The van der Waals surface area contributed by atoms with E-state index in [0.717, 1.165) is 5.56 Å². The summed E-state index contributed by atoms with van der Waals surface area (Å²) in [5.41, 5.74) is 6.80. The fraction of sp³-hybridized carbons (Fsp3) is 0.278. The van der Waals surface area contributed by atoms with Crippen molar-refractivity contribution in [2.24, 2.45) is 11.7 Å². The van der Waals surface area contributed by atoms with Crippen LogP contribution in [-0.2, 0) is 0 Å². The van der Waals surface area contributed by atoms with E-state index in [1.165, 1.54) is 18.2 Å². The van der Waals surface area contributed by atoms with E-state index in [0.29, 0.717) is 19.6 Å². The molecule has 6 nitrogen and oxygen atoms in total. The van der Waals surface area contributed by atoms with Crippen LogP contribution in [0.3, 0.4) is 0 Å². The van der Waals surface area contributed by atoms with Crippen molar-refractivity contribution in [2.75, 3.05) is 19.6 Å². The number of hydrogen-bond acceptors (Lipinski definition) is 4. The molecule has 2 N–H and O–H groups in total. The largest absolute Gasteiger partial charge is 0.337 e. The Kier molecular flexibility index (Phi) is 6.58. The van der Waals surface area contributed by atoms with Gasteiger partial charge in [0.15, 0.2) is 0 Å². The minimum atomic E-state index is -0.579. The Hall–Kier alpha value is -2.15. The van der Waals surface area contributed by atoms with Gasteiger partial charge in [0, 0.05) is 30.1 Å². The Morgan fingerprint density at radius 2 is 1.92 bits per heavy atom. The van der Waals surface area contributed by atoms with Crippen LogP contribution in [0.4, 0.5) is 5.69 Å². The first kappa shape index (κ1) is 20.2. The van der Waals surface area contributed by atoms with Crippen LogP contribution >= 0.6 is 24.0 Å². The third-order valence-electron chi connectivity index (χ3n) is 4.65. The molecule has 0 radical (unpaired) electrons. The summed E-state index contributed by atoms with van der Waals surface area (Å²) in [4.78, 5) is 25.2. The van der Waals surface area contributed by atoms with Crippen LogP contribution < -0.4 is 5.73 Å². The van der Waals surface area contributed by atoms with E-state index in [2.05, 4.69) is 0 Å². The number of carbonyl (C=O) groups excluding carboxylic acids is 1. The number of benzene rings is 2. The molecular weight excluding hydrogens is 377 g/mol. The van der Waals surface area contributed by atoms with Gasteiger partial charge in [-0.1, -0.05) is 41.9 Å². The molecule has 8 heteroatoms. The van der Waals surface area contributed by atoms with Crippen molar-refractivity contribution in [3.05, 3.63) is 74.8 Å². The number of likely N-dealkylation sites (tertiary alicyclic amines) is 1. The monoisotopic (exact) mass is 395 g/mol. The average molecular weight is 396 g/mol. The second-order valence-corrected chi connectivity index (χ2v) is 6.58. The Morgan fingerprint density at radius 3 is 2.54 bits per heavy atom. The first-order chi connectivity index (χ1) is 12.0. The van der Waals surface area contributed by atoms with Gasteiger partial charge in [0.1, 0.15) is 5.56 Å². The molecule has 0 spiro atoms. The van der Waals surface area contributed by atoms with E-state index in [4.69, 9.17) is 17.3 Å². The van der Waals surface area contributed by atoms with Crippen molar-refractivity contribution < 1.29 is 9.72 Å². The molecule has 0 bridgehead atoms. The van der Waals surface area contributed by atoms with E-state index < -0.39 is 4.92 Å². The van der Waals surface area contributed by atoms with Gasteiger partial charge >= 0.3 is 0 Å². The number of hydrogen-bond donors (Lipinski definition) is 1. The number of nitrogens with two attached hydrogens (primary N) is 1. The van der Waals surface area contributed by atoms with Crippen LogP contribution in [0.2, 0.25) is 5.02 Å². The molecule has 3 rings (SSSR count). The summed E-state index contributed by atoms with van der Waals surface area (Å²) < 4.78 is 0. The number of amides is 1. The minimum absolute atomic E-state index is 0. The van der Waals surface area contributed by atoms with Crippen molar-refractivity contribution in [1.82, 2.24) is 4.90 Å². The quantitative estimate of drug-likeness (QED) is 0.633. The van der Waals surface area contributed by atoms with Crippen molar-refractivity contribution >= 4 is 35.6 Å². The molecular formula is C18H19Cl2N3O3. The van der Waals surface area contributed by atoms with Crippen LogP contribution in [0.25, 0.3) is 0 Å². The maximum absolute atomic E-state index is 12.9.